The lowest BCUT2D eigenvalue weighted by atomic mass is 10.00. The smallest absolute Gasteiger partial charge is 0.253 e. The van der Waals surface area contributed by atoms with Gasteiger partial charge in [-0.15, -0.1) is 5.10 Å². The van der Waals surface area contributed by atoms with Crippen molar-refractivity contribution in [3.63, 3.8) is 0 Å². The Morgan fingerprint density at radius 1 is 1.29 bits per heavy atom. The van der Waals surface area contributed by atoms with Crippen LogP contribution in [0.25, 0.3) is 10.9 Å². The van der Waals surface area contributed by atoms with Crippen molar-refractivity contribution in [2.75, 3.05) is 39.9 Å². The Hall–Kier alpha value is -2.62. The second-order valence-electron chi connectivity index (χ2n) is 8.58. The molecule has 1 aromatic carbocycles. The summed E-state index contributed by atoms with van der Waals surface area (Å²) < 4.78 is 7.02. The quantitative estimate of drug-likeness (QED) is 0.640. The summed E-state index contributed by atoms with van der Waals surface area (Å²) in [5.41, 5.74) is 2.55. The van der Waals surface area contributed by atoms with Crippen molar-refractivity contribution in [2.24, 2.45) is 0 Å². The van der Waals surface area contributed by atoms with Crippen LogP contribution in [0.5, 0.6) is 0 Å². The predicted molar refractivity (Wildman–Crippen MR) is 117 cm³/mol. The maximum Gasteiger partial charge on any atom is 0.253 e. The third-order valence-electron chi connectivity index (χ3n) is 6.71. The van der Waals surface area contributed by atoms with Gasteiger partial charge in [0, 0.05) is 38.3 Å². The van der Waals surface area contributed by atoms with Crippen LogP contribution in [0.4, 0.5) is 0 Å². The zero-order valence-electron chi connectivity index (χ0n) is 18.1. The van der Waals surface area contributed by atoms with E-state index >= 15 is 0 Å². The van der Waals surface area contributed by atoms with Crippen LogP contribution in [0.1, 0.15) is 35.8 Å². The second kappa shape index (κ2) is 8.49. The Kier molecular flexibility index (Phi) is 5.56. The highest BCUT2D eigenvalue weighted by Crippen LogP contribution is 2.31. The number of piperazine rings is 1. The van der Waals surface area contributed by atoms with Crippen LogP contribution < -0.4 is 5.56 Å². The van der Waals surface area contributed by atoms with E-state index in [2.05, 4.69) is 30.3 Å². The molecule has 2 saturated heterocycles. The summed E-state index contributed by atoms with van der Waals surface area (Å²) in [6.45, 7) is 7.03. The maximum absolute atomic E-state index is 13.3. The van der Waals surface area contributed by atoms with E-state index in [0.717, 1.165) is 36.1 Å². The summed E-state index contributed by atoms with van der Waals surface area (Å²) in [6.07, 6.45) is 2.44. The number of pyridine rings is 1. The number of aromatic amines is 1. The number of nitrogens with one attached hydrogen (secondary N) is 1. The standard InChI is InChI=1S/C22H29N7O2/c1-15-5-3-6-16-13-18(22(30)23-19(15)16)20(21-24-25-26-29(21)11-12-31-2)28-10-9-27-8-4-7-17(27)14-28/h3,5-6,13,17,20H,4,7-12,14H2,1-2H3,(H,23,30)/t17-,20+/m1/s1. The number of H-pyrrole nitrogens is 1. The van der Waals surface area contributed by atoms with Crippen molar-refractivity contribution in [1.82, 2.24) is 35.0 Å². The number of benzene rings is 1. The Bertz CT molecular complexity index is 1120. The molecule has 4 heterocycles. The van der Waals surface area contributed by atoms with Gasteiger partial charge in [-0.2, -0.15) is 0 Å². The third kappa shape index (κ3) is 3.77. The molecular weight excluding hydrogens is 394 g/mol. The highest BCUT2D eigenvalue weighted by Gasteiger charge is 2.37. The summed E-state index contributed by atoms with van der Waals surface area (Å²) in [6, 6.07) is 8.32. The lowest BCUT2D eigenvalue weighted by Gasteiger charge is -2.41. The lowest BCUT2D eigenvalue weighted by molar-refractivity contribution is 0.0781. The number of para-hydroxylation sites is 1. The first-order valence-corrected chi connectivity index (χ1v) is 11.0. The molecule has 2 fully saturated rings. The number of fused-ring (bicyclic) bond motifs is 2. The highest BCUT2D eigenvalue weighted by atomic mass is 16.5. The topological polar surface area (TPSA) is 92.2 Å². The van der Waals surface area contributed by atoms with Crippen LogP contribution in [0.3, 0.4) is 0 Å². The van der Waals surface area contributed by atoms with Gasteiger partial charge in [0.25, 0.3) is 5.56 Å². The fourth-order valence-electron chi connectivity index (χ4n) is 5.10. The number of rotatable bonds is 6. The normalized spacial score (nSPS) is 20.9. The van der Waals surface area contributed by atoms with E-state index in [9.17, 15) is 4.79 Å². The minimum absolute atomic E-state index is 0.0815. The van der Waals surface area contributed by atoms with Gasteiger partial charge in [-0.05, 0) is 53.8 Å². The molecule has 31 heavy (non-hydrogen) atoms. The van der Waals surface area contributed by atoms with Crippen molar-refractivity contribution in [3.05, 3.63) is 51.6 Å². The monoisotopic (exact) mass is 423 g/mol. The van der Waals surface area contributed by atoms with Crippen LogP contribution in [0.2, 0.25) is 0 Å². The zero-order chi connectivity index (χ0) is 21.4. The average Bonchev–Trinajstić information content (AvgIpc) is 3.43. The van der Waals surface area contributed by atoms with E-state index in [1.54, 1.807) is 11.8 Å². The molecule has 1 N–H and O–H groups in total. The van der Waals surface area contributed by atoms with Gasteiger partial charge in [0.1, 0.15) is 6.04 Å². The molecule has 2 aromatic heterocycles. The molecule has 2 aliphatic rings. The van der Waals surface area contributed by atoms with E-state index in [0.29, 0.717) is 30.6 Å². The third-order valence-corrected chi connectivity index (χ3v) is 6.71. The molecule has 0 amide bonds. The number of nitrogens with zero attached hydrogens (tertiary/aromatic N) is 6. The molecule has 0 aliphatic carbocycles. The van der Waals surface area contributed by atoms with Gasteiger partial charge in [0.15, 0.2) is 5.82 Å². The molecule has 0 saturated carbocycles. The van der Waals surface area contributed by atoms with E-state index in [1.165, 1.54) is 19.4 Å². The molecule has 9 heteroatoms. The Balaban J connectivity index is 1.61. The van der Waals surface area contributed by atoms with Crippen molar-refractivity contribution in [3.8, 4) is 0 Å². The predicted octanol–water partition coefficient (Wildman–Crippen LogP) is 1.34. The SMILES string of the molecule is COCCn1nnnc1[C@H](c1cc2cccc(C)c2[nH]c1=O)N1CCN2CCC[C@@H]2C1. The van der Waals surface area contributed by atoms with E-state index < -0.39 is 0 Å². The molecule has 2 aliphatic heterocycles. The molecular formula is C22H29N7O2. The molecule has 0 bridgehead atoms. The molecule has 0 radical (unpaired) electrons. The second-order valence-corrected chi connectivity index (χ2v) is 8.58. The Labute approximate surface area is 181 Å². The summed E-state index contributed by atoms with van der Waals surface area (Å²) in [5, 5.41) is 13.5. The van der Waals surface area contributed by atoms with E-state index in [-0.39, 0.29) is 11.6 Å². The lowest BCUT2D eigenvalue weighted by Crippen LogP contribution is -2.52. The molecule has 164 valence electrons. The van der Waals surface area contributed by atoms with Gasteiger partial charge in [-0.1, -0.05) is 18.2 Å². The Morgan fingerprint density at radius 3 is 3.06 bits per heavy atom. The number of aryl methyl sites for hydroxylation is 1. The molecule has 9 nitrogen and oxygen atoms in total. The number of ether oxygens (including phenoxy) is 1. The van der Waals surface area contributed by atoms with Crippen LogP contribution in [0.15, 0.2) is 29.1 Å². The highest BCUT2D eigenvalue weighted by molar-refractivity contribution is 5.82. The van der Waals surface area contributed by atoms with Gasteiger partial charge in [0.05, 0.1) is 18.7 Å². The molecule has 0 unspecified atom stereocenters. The Morgan fingerprint density at radius 2 is 2.19 bits per heavy atom. The minimum Gasteiger partial charge on any atom is -0.383 e. The first-order chi connectivity index (χ1) is 15.2. The van der Waals surface area contributed by atoms with Crippen LogP contribution >= 0.6 is 0 Å². The molecule has 5 rings (SSSR count). The maximum atomic E-state index is 13.3. The zero-order valence-corrected chi connectivity index (χ0v) is 18.1. The first kappa shape index (κ1) is 20.3. The fraction of sp³-hybridized carbons (Fsp3) is 0.545. The summed E-state index contributed by atoms with van der Waals surface area (Å²) >= 11 is 0. The van der Waals surface area contributed by atoms with Crippen molar-refractivity contribution in [1.29, 1.82) is 0 Å². The van der Waals surface area contributed by atoms with Crippen molar-refractivity contribution in [2.45, 2.75) is 38.4 Å². The van der Waals surface area contributed by atoms with E-state index in [4.69, 9.17) is 4.74 Å². The van der Waals surface area contributed by atoms with Gasteiger partial charge in [-0.3, -0.25) is 14.6 Å². The van der Waals surface area contributed by atoms with Crippen LogP contribution in [0, 0.1) is 6.92 Å². The molecule has 3 aromatic rings. The summed E-state index contributed by atoms with van der Waals surface area (Å²) in [4.78, 5) is 21.4. The summed E-state index contributed by atoms with van der Waals surface area (Å²) in [7, 11) is 1.66. The van der Waals surface area contributed by atoms with Crippen LogP contribution in [-0.4, -0.2) is 80.9 Å². The number of aromatic nitrogens is 5. The molecule has 2 atom stereocenters. The number of hydrogen-bond donors (Lipinski definition) is 1. The first-order valence-electron chi connectivity index (χ1n) is 11.0. The average molecular weight is 424 g/mol. The number of hydrogen-bond acceptors (Lipinski definition) is 7. The largest absolute Gasteiger partial charge is 0.383 e. The van der Waals surface area contributed by atoms with Gasteiger partial charge in [-0.25, -0.2) is 4.68 Å². The van der Waals surface area contributed by atoms with Crippen molar-refractivity contribution >= 4 is 10.9 Å². The van der Waals surface area contributed by atoms with Crippen LogP contribution in [-0.2, 0) is 11.3 Å². The summed E-state index contributed by atoms with van der Waals surface area (Å²) in [5.74, 6) is 0.695. The minimum atomic E-state index is -0.303. The van der Waals surface area contributed by atoms with Crippen molar-refractivity contribution < 1.29 is 4.74 Å². The van der Waals surface area contributed by atoms with Gasteiger partial charge in [0.2, 0.25) is 0 Å². The van der Waals surface area contributed by atoms with E-state index in [1.807, 2.05) is 31.2 Å². The van der Waals surface area contributed by atoms with Gasteiger partial charge < -0.3 is 9.72 Å². The number of tetrazole rings is 1. The molecule has 0 spiro atoms. The van der Waals surface area contributed by atoms with Gasteiger partial charge >= 0.3 is 0 Å². The fourth-order valence-corrected chi connectivity index (χ4v) is 5.10. The number of methoxy groups -OCH3 is 1.